The third-order valence-electron chi connectivity index (χ3n) is 5.61. The van der Waals surface area contributed by atoms with E-state index in [2.05, 4.69) is 31.2 Å². The van der Waals surface area contributed by atoms with E-state index < -0.39 is 11.3 Å². The quantitative estimate of drug-likeness (QED) is 0.328. The van der Waals surface area contributed by atoms with E-state index in [1.807, 2.05) is 24.3 Å². The van der Waals surface area contributed by atoms with Gasteiger partial charge in [-0.15, -0.1) is 0 Å². The normalized spacial score (nSPS) is 15.0. The van der Waals surface area contributed by atoms with Crippen LogP contribution in [-0.2, 0) is 10.2 Å². The number of nitrogens with zero attached hydrogens (tertiary/aromatic N) is 1. The molecular weight excluding hydrogens is 448 g/mol. The molecule has 1 aliphatic carbocycles. The van der Waals surface area contributed by atoms with Gasteiger partial charge in [0.1, 0.15) is 5.82 Å². The van der Waals surface area contributed by atoms with Crippen LogP contribution in [0.15, 0.2) is 59.2 Å². The number of carbonyl (C=O) groups excluding carboxylic acids is 2. The Bertz CT molecular complexity index is 1050. The van der Waals surface area contributed by atoms with Crippen LogP contribution in [0.2, 0.25) is 0 Å². The smallest absolute Gasteiger partial charge is 0.274 e. The third kappa shape index (κ3) is 3.88. The van der Waals surface area contributed by atoms with E-state index in [4.69, 9.17) is 5.21 Å². The Labute approximate surface area is 182 Å². The summed E-state index contributed by atoms with van der Waals surface area (Å²) in [7, 11) is 0. The fourth-order valence-electron chi connectivity index (χ4n) is 3.94. The van der Waals surface area contributed by atoms with Crippen LogP contribution in [0, 0.1) is 0 Å². The van der Waals surface area contributed by atoms with Gasteiger partial charge in [-0.05, 0) is 49.2 Å². The summed E-state index contributed by atoms with van der Waals surface area (Å²) < 4.78 is 0.993. The number of rotatable bonds is 5. The van der Waals surface area contributed by atoms with Crippen LogP contribution in [-0.4, -0.2) is 27.0 Å². The van der Waals surface area contributed by atoms with Crippen LogP contribution in [0.5, 0.6) is 0 Å². The molecule has 4 rings (SSSR count). The molecule has 154 valence electrons. The molecule has 0 aliphatic heterocycles. The molecule has 2 amide bonds. The SMILES string of the molecule is O=C(NO)c1ccc(NC(=O)C2(c3cnc(-c4ccc(Br)cc4)[nH]3)CCCC2)cc1. The summed E-state index contributed by atoms with van der Waals surface area (Å²) >= 11 is 3.43. The molecule has 0 unspecified atom stereocenters. The molecule has 30 heavy (non-hydrogen) atoms. The number of amides is 2. The number of imidazole rings is 1. The second-order valence-electron chi connectivity index (χ2n) is 7.41. The zero-order chi connectivity index (χ0) is 21.1. The first-order valence-electron chi connectivity index (χ1n) is 9.69. The molecule has 4 N–H and O–H groups in total. The summed E-state index contributed by atoms with van der Waals surface area (Å²) in [6.07, 6.45) is 5.18. The minimum absolute atomic E-state index is 0.0923. The number of aromatic amines is 1. The van der Waals surface area contributed by atoms with Crippen LogP contribution < -0.4 is 10.8 Å². The molecule has 1 aliphatic rings. The van der Waals surface area contributed by atoms with E-state index in [0.717, 1.165) is 47.2 Å². The first kappa shape index (κ1) is 20.3. The average molecular weight is 469 g/mol. The summed E-state index contributed by atoms with van der Waals surface area (Å²) in [6, 6.07) is 14.2. The largest absolute Gasteiger partial charge is 0.341 e. The summed E-state index contributed by atoms with van der Waals surface area (Å²) in [5, 5.41) is 11.7. The Kier molecular flexibility index (Phi) is 5.69. The number of nitrogens with one attached hydrogen (secondary N) is 3. The van der Waals surface area contributed by atoms with Crippen molar-refractivity contribution >= 4 is 33.4 Å². The molecule has 0 radical (unpaired) electrons. The molecule has 0 atom stereocenters. The van der Waals surface area contributed by atoms with Gasteiger partial charge < -0.3 is 10.3 Å². The molecule has 2 aromatic carbocycles. The number of benzene rings is 2. The summed E-state index contributed by atoms with van der Waals surface area (Å²) in [6.45, 7) is 0. The van der Waals surface area contributed by atoms with Gasteiger partial charge in [0, 0.05) is 27.5 Å². The van der Waals surface area contributed by atoms with Crippen molar-refractivity contribution in [1.82, 2.24) is 15.4 Å². The van der Waals surface area contributed by atoms with Crippen LogP contribution in [0.1, 0.15) is 41.7 Å². The van der Waals surface area contributed by atoms with Crippen LogP contribution in [0.3, 0.4) is 0 Å². The lowest BCUT2D eigenvalue weighted by Gasteiger charge is -2.26. The monoisotopic (exact) mass is 468 g/mol. The predicted molar refractivity (Wildman–Crippen MR) is 116 cm³/mol. The highest BCUT2D eigenvalue weighted by Gasteiger charge is 2.44. The molecule has 0 spiro atoms. The second kappa shape index (κ2) is 8.41. The first-order valence-corrected chi connectivity index (χ1v) is 10.5. The zero-order valence-electron chi connectivity index (χ0n) is 16.1. The second-order valence-corrected chi connectivity index (χ2v) is 8.33. The van der Waals surface area contributed by atoms with Gasteiger partial charge in [-0.2, -0.15) is 0 Å². The van der Waals surface area contributed by atoms with E-state index in [-0.39, 0.29) is 5.91 Å². The zero-order valence-corrected chi connectivity index (χ0v) is 17.7. The van der Waals surface area contributed by atoms with Gasteiger partial charge in [0.05, 0.1) is 11.1 Å². The standard InChI is InChI=1S/C22H21BrN4O3/c23-16-7-3-14(4-8-16)19-24-13-18(26-19)22(11-1-2-12-22)21(29)25-17-9-5-15(6-10-17)20(28)27-30/h3-10,13,30H,1-2,11-12H2,(H,24,26)(H,25,29)(H,27,28). The number of H-pyrrole nitrogens is 1. The van der Waals surface area contributed by atoms with Crippen LogP contribution in [0.25, 0.3) is 11.4 Å². The molecule has 3 aromatic rings. The highest BCUT2D eigenvalue weighted by Crippen LogP contribution is 2.42. The van der Waals surface area contributed by atoms with Crippen molar-refractivity contribution in [3.05, 3.63) is 70.5 Å². The highest BCUT2D eigenvalue weighted by molar-refractivity contribution is 9.10. The molecule has 1 heterocycles. The maximum atomic E-state index is 13.3. The lowest BCUT2D eigenvalue weighted by molar-refractivity contribution is -0.121. The maximum Gasteiger partial charge on any atom is 0.274 e. The minimum Gasteiger partial charge on any atom is -0.341 e. The molecule has 1 aromatic heterocycles. The summed E-state index contributed by atoms with van der Waals surface area (Å²) in [5.74, 6) is 0.0411. The van der Waals surface area contributed by atoms with E-state index in [0.29, 0.717) is 11.3 Å². The predicted octanol–water partition coefficient (Wildman–Crippen LogP) is 4.41. The Morgan fingerprint density at radius 2 is 1.70 bits per heavy atom. The summed E-state index contributed by atoms with van der Waals surface area (Å²) in [4.78, 5) is 32.7. The van der Waals surface area contributed by atoms with Crippen molar-refractivity contribution in [2.24, 2.45) is 0 Å². The first-order chi connectivity index (χ1) is 14.5. The number of hydrogen-bond acceptors (Lipinski definition) is 4. The molecule has 8 heteroatoms. The molecule has 0 saturated heterocycles. The topological polar surface area (TPSA) is 107 Å². The van der Waals surface area contributed by atoms with Gasteiger partial charge in [-0.1, -0.05) is 40.9 Å². The number of carbonyl (C=O) groups is 2. The van der Waals surface area contributed by atoms with Gasteiger partial charge in [-0.25, -0.2) is 10.5 Å². The molecule has 1 saturated carbocycles. The van der Waals surface area contributed by atoms with Crippen molar-refractivity contribution in [3.63, 3.8) is 0 Å². The summed E-state index contributed by atoms with van der Waals surface area (Å²) in [5.41, 5.74) is 3.59. The van der Waals surface area contributed by atoms with E-state index in [1.54, 1.807) is 35.9 Å². The van der Waals surface area contributed by atoms with E-state index in [9.17, 15) is 9.59 Å². The van der Waals surface area contributed by atoms with Crippen molar-refractivity contribution in [3.8, 4) is 11.4 Å². The van der Waals surface area contributed by atoms with Gasteiger partial charge in [0.15, 0.2) is 0 Å². The van der Waals surface area contributed by atoms with E-state index >= 15 is 0 Å². The molecule has 7 nitrogen and oxygen atoms in total. The molecule has 0 bridgehead atoms. The number of halogens is 1. The lowest BCUT2D eigenvalue weighted by atomic mass is 9.82. The highest BCUT2D eigenvalue weighted by atomic mass is 79.9. The Balaban J connectivity index is 1.57. The minimum atomic E-state index is -0.665. The Morgan fingerprint density at radius 3 is 2.33 bits per heavy atom. The number of aromatic nitrogens is 2. The molecular formula is C22H21BrN4O3. The van der Waals surface area contributed by atoms with E-state index in [1.165, 1.54) is 0 Å². The maximum absolute atomic E-state index is 13.3. The van der Waals surface area contributed by atoms with Crippen LogP contribution in [0.4, 0.5) is 5.69 Å². The van der Waals surface area contributed by atoms with Gasteiger partial charge >= 0.3 is 0 Å². The van der Waals surface area contributed by atoms with Crippen molar-refractivity contribution in [2.45, 2.75) is 31.1 Å². The fourth-order valence-corrected chi connectivity index (χ4v) is 4.20. The van der Waals surface area contributed by atoms with Crippen molar-refractivity contribution in [2.75, 3.05) is 5.32 Å². The Morgan fingerprint density at radius 1 is 1.03 bits per heavy atom. The average Bonchev–Trinajstić information content (AvgIpc) is 3.45. The van der Waals surface area contributed by atoms with Crippen molar-refractivity contribution < 1.29 is 14.8 Å². The molecule has 1 fully saturated rings. The third-order valence-corrected chi connectivity index (χ3v) is 6.14. The Hall–Kier alpha value is -2.97. The van der Waals surface area contributed by atoms with Crippen molar-refractivity contribution in [1.29, 1.82) is 0 Å². The lowest BCUT2D eigenvalue weighted by Crippen LogP contribution is -2.38. The fraction of sp³-hybridized carbons (Fsp3) is 0.227. The number of anilines is 1. The van der Waals surface area contributed by atoms with Gasteiger partial charge in [-0.3, -0.25) is 14.8 Å². The van der Waals surface area contributed by atoms with Gasteiger partial charge in [0.25, 0.3) is 5.91 Å². The number of hydroxylamine groups is 1. The number of hydrogen-bond donors (Lipinski definition) is 4. The van der Waals surface area contributed by atoms with Crippen LogP contribution >= 0.6 is 15.9 Å². The van der Waals surface area contributed by atoms with Gasteiger partial charge in [0.2, 0.25) is 5.91 Å².